The summed E-state index contributed by atoms with van der Waals surface area (Å²) in [6.07, 6.45) is 0.677. The summed E-state index contributed by atoms with van der Waals surface area (Å²) in [4.78, 5) is 0. The van der Waals surface area contributed by atoms with E-state index < -0.39 is 0 Å². The van der Waals surface area contributed by atoms with Gasteiger partial charge in [-0.2, -0.15) is 0 Å². The third-order valence-corrected chi connectivity index (χ3v) is 4.94. The predicted molar refractivity (Wildman–Crippen MR) is 97.6 cm³/mol. The zero-order valence-electron chi connectivity index (χ0n) is 14.8. The molecule has 1 fully saturated rings. The second kappa shape index (κ2) is 7.57. The van der Waals surface area contributed by atoms with Crippen molar-refractivity contribution < 1.29 is 14.7 Å². The summed E-state index contributed by atoms with van der Waals surface area (Å²) in [6.45, 7) is 2.08. The van der Waals surface area contributed by atoms with Gasteiger partial charge in [-0.3, -0.25) is 0 Å². The molecule has 3 atom stereocenters. The van der Waals surface area contributed by atoms with Crippen LogP contribution in [-0.2, 0) is 0 Å². The van der Waals surface area contributed by atoms with Crippen LogP contribution in [0.15, 0.2) is 53.7 Å². The predicted octanol–water partition coefficient (Wildman–Crippen LogP) is 3.95. The Hall–Kier alpha value is -2.53. The van der Waals surface area contributed by atoms with Crippen molar-refractivity contribution in [2.24, 2.45) is 11.1 Å². The summed E-state index contributed by atoms with van der Waals surface area (Å²) in [6, 6.07) is 16.2. The van der Waals surface area contributed by atoms with Crippen LogP contribution in [0.1, 0.15) is 36.6 Å². The standard InChI is InChI=1S/C20H24N2O3/c1-13-18(22-23)12-19(14-4-8-16(24-2)9-5-14)21-20(13)15-6-10-17(25-3)11-7-15/h4-11,13,19-21,23H,12H2,1-3H3/b22-18-/t13-,19+,20-/m1/s1. The minimum absolute atomic E-state index is 0.0673. The van der Waals surface area contributed by atoms with E-state index in [4.69, 9.17) is 9.47 Å². The van der Waals surface area contributed by atoms with Crippen molar-refractivity contribution >= 4 is 5.71 Å². The summed E-state index contributed by atoms with van der Waals surface area (Å²) < 4.78 is 10.5. The maximum atomic E-state index is 9.48. The van der Waals surface area contributed by atoms with Crippen LogP contribution in [0.2, 0.25) is 0 Å². The first kappa shape index (κ1) is 17.3. The molecule has 1 aliphatic rings. The Morgan fingerprint density at radius 2 is 1.44 bits per heavy atom. The maximum Gasteiger partial charge on any atom is 0.118 e. The molecule has 132 valence electrons. The number of nitrogens with zero attached hydrogens (tertiary/aromatic N) is 1. The molecule has 0 unspecified atom stereocenters. The molecule has 3 rings (SSSR count). The Kier molecular flexibility index (Phi) is 5.24. The highest BCUT2D eigenvalue weighted by molar-refractivity contribution is 5.88. The highest BCUT2D eigenvalue weighted by atomic mass is 16.5. The third-order valence-electron chi connectivity index (χ3n) is 4.94. The van der Waals surface area contributed by atoms with Crippen molar-refractivity contribution in [2.45, 2.75) is 25.4 Å². The average molecular weight is 340 g/mol. The monoisotopic (exact) mass is 340 g/mol. The maximum absolute atomic E-state index is 9.48. The lowest BCUT2D eigenvalue weighted by atomic mass is 9.81. The van der Waals surface area contributed by atoms with Gasteiger partial charge in [0.15, 0.2) is 0 Å². The molecule has 25 heavy (non-hydrogen) atoms. The molecule has 0 aliphatic carbocycles. The Morgan fingerprint density at radius 3 is 1.92 bits per heavy atom. The zero-order valence-corrected chi connectivity index (χ0v) is 14.8. The lowest BCUT2D eigenvalue weighted by molar-refractivity contribution is 0.294. The Labute approximate surface area is 148 Å². The fourth-order valence-electron chi connectivity index (χ4n) is 3.39. The summed E-state index contributed by atoms with van der Waals surface area (Å²) in [5.41, 5.74) is 3.10. The summed E-state index contributed by atoms with van der Waals surface area (Å²) in [5, 5.41) is 16.8. The zero-order chi connectivity index (χ0) is 17.8. The van der Waals surface area contributed by atoms with Gasteiger partial charge in [0, 0.05) is 24.4 Å². The van der Waals surface area contributed by atoms with Crippen molar-refractivity contribution in [2.75, 3.05) is 14.2 Å². The Bertz CT molecular complexity index is 726. The molecule has 0 amide bonds. The fourth-order valence-corrected chi connectivity index (χ4v) is 3.39. The minimum Gasteiger partial charge on any atom is -0.497 e. The van der Waals surface area contributed by atoms with Crippen LogP contribution in [0.4, 0.5) is 0 Å². The molecule has 0 radical (unpaired) electrons. The molecule has 5 nitrogen and oxygen atoms in total. The van der Waals surface area contributed by atoms with E-state index in [1.807, 2.05) is 36.4 Å². The van der Waals surface area contributed by atoms with E-state index in [1.54, 1.807) is 14.2 Å². The van der Waals surface area contributed by atoms with Gasteiger partial charge >= 0.3 is 0 Å². The van der Waals surface area contributed by atoms with E-state index >= 15 is 0 Å². The largest absolute Gasteiger partial charge is 0.497 e. The van der Waals surface area contributed by atoms with Gasteiger partial charge in [0.05, 0.1) is 19.9 Å². The third kappa shape index (κ3) is 3.61. The van der Waals surface area contributed by atoms with Gasteiger partial charge in [-0.15, -0.1) is 0 Å². The number of ether oxygens (including phenoxy) is 2. The van der Waals surface area contributed by atoms with Crippen molar-refractivity contribution in [3.05, 3.63) is 59.7 Å². The summed E-state index contributed by atoms with van der Waals surface area (Å²) in [7, 11) is 3.32. The van der Waals surface area contributed by atoms with Crippen LogP contribution in [0.25, 0.3) is 0 Å². The van der Waals surface area contributed by atoms with Gasteiger partial charge in [0.1, 0.15) is 11.5 Å². The number of benzene rings is 2. The second-order valence-electron chi connectivity index (χ2n) is 6.33. The number of hydrogen-bond acceptors (Lipinski definition) is 5. The molecule has 5 heteroatoms. The number of rotatable bonds is 4. The lowest BCUT2D eigenvalue weighted by Gasteiger charge is -2.37. The molecule has 0 spiro atoms. The van der Waals surface area contributed by atoms with Gasteiger partial charge in [0.2, 0.25) is 0 Å². The molecule has 1 heterocycles. The average Bonchev–Trinajstić information content (AvgIpc) is 2.68. The number of oxime groups is 1. The van der Waals surface area contributed by atoms with Crippen LogP contribution in [0.5, 0.6) is 11.5 Å². The van der Waals surface area contributed by atoms with Crippen LogP contribution >= 0.6 is 0 Å². The quantitative estimate of drug-likeness (QED) is 0.653. The van der Waals surface area contributed by atoms with Crippen LogP contribution in [0.3, 0.4) is 0 Å². The van der Waals surface area contributed by atoms with Crippen molar-refractivity contribution in [3.8, 4) is 11.5 Å². The fraction of sp³-hybridized carbons (Fsp3) is 0.350. The van der Waals surface area contributed by atoms with E-state index in [0.717, 1.165) is 28.3 Å². The first-order valence-electron chi connectivity index (χ1n) is 8.41. The Morgan fingerprint density at radius 1 is 0.920 bits per heavy atom. The van der Waals surface area contributed by atoms with Crippen LogP contribution in [0, 0.1) is 5.92 Å². The highest BCUT2D eigenvalue weighted by Crippen LogP contribution is 2.36. The van der Waals surface area contributed by atoms with Gasteiger partial charge in [-0.25, -0.2) is 0 Å². The molecule has 1 saturated heterocycles. The molecule has 2 aromatic carbocycles. The van der Waals surface area contributed by atoms with Gasteiger partial charge in [0.25, 0.3) is 0 Å². The highest BCUT2D eigenvalue weighted by Gasteiger charge is 2.33. The smallest absolute Gasteiger partial charge is 0.118 e. The van der Waals surface area contributed by atoms with Gasteiger partial charge in [-0.05, 0) is 35.4 Å². The molecule has 0 bridgehead atoms. The lowest BCUT2D eigenvalue weighted by Crippen LogP contribution is -2.41. The van der Waals surface area contributed by atoms with Gasteiger partial charge < -0.3 is 20.0 Å². The molecule has 2 N–H and O–H groups in total. The molecular formula is C20H24N2O3. The molecule has 0 aromatic heterocycles. The first-order chi connectivity index (χ1) is 12.2. The van der Waals surface area contributed by atoms with E-state index in [0.29, 0.717) is 6.42 Å². The number of nitrogens with one attached hydrogen (secondary N) is 1. The number of hydrogen-bond donors (Lipinski definition) is 2. The second-order valence-corrected chi connectivity index (χ2v) is 6.33. The first-order valence-corrected chi connectivity index (χ1v) is 8.41. The Balaban J connectivity index is 1.88. The number of piperidine rings is 1. The van der Waals surface area contributed by atoms with Crippen molar-refractivity contribution in [3.63, 3.8) is 0 Å². The van der Waals surface area contributed by atoms with E-state index in [-0.39, 0.29) is 18.0 Å². The number of methoxy groups -OCH3 is 2. The molecule has 1 aliphatic heterocycles. The summed E-state index contributed by atoms with van der Waals surface area (Å²) >= 11 is 0. The normalized spacial score (nSPS) is 24.9. The van der Waals surface area contributed by atoms with Crippen molar-refractivity contribution in [1.29, 1.82) is 0 Å². The molecular weight excluding hydrogens is 316 g/mol. The molecule has 2 aromatic rings. The van der Waals surface area contributed by atoms with E-state index in [1.165, 1.54) is 0 Å². The molecule has 0 saturated carbocycles. The van der Waals surface area contributed by atoms with Crippen LogP contribution in [-0.4, -0.2) is 25.1 Å². The van der Waals surface area contributed by atoms with Crippen LogP contribution < -0.4 is 14.8 Å². The summed E-state index contributed by atoms with van der Waals surface area (Å²) in [5.74, 6) is 1.76. The van der Waals surface area contributed by atoms with Gasteiger partial charge in [-0.1, -0.05) is 36.3 Å². The SMILES string of the molecule is COc1ccc([C@@H]2C/C(=N/O)[C@@H](C)[C@H](c3ccc(OC)cc3)N2)cc1. The van der Waals surface area contributed by atoms with E-state index in [2.05, 4.69) is 29.5 Å². The minimum atomic E-state index is 0.0673. The van der Waals surface area contributed by atoms with Crippen molar-refractivity contribution in [1.82, 2.24) is 5.32 Å². The topological polar surface area (TPSA) is 63.1 Å². The van der Waals surface area contributed by atoms with E-state index in [9.17, 15) is 5.21 Å².